The third-order valence-electron chi connectivity index (χ3n) is 2.02. The van der Waals surface area contributed by atoms with E-state index in [2.05, 4.69) is 10.4 Å². The van der Waals surface area contributed by atoms with Crippen LogP contribution in [0.5, 0.6) is 0 Å². The summed E-state index contributed by atoms with van der Waals surface area (Å²) >= 11 is 1.27. The highest BCUT2D eigenvalue weighted by atomic mass is 32.2. The Kier molecular flexibility index (Phi) is 5.46. The molecule has 3 N–H and O–H groups in total. The Morgan fingerprint density at radius 1 is 1.71 bits per heavy atom. The van der Waals surface area contributed by atoms with Crippen LogP contribution >= 0.6 is 11.8 Å². The molecule has 0 aliphatic rings. The number of amides is 1. The highest BCUT2D eigenvalue weighted by Gasteiger charge is 2.08. The molecule has 0 saturated heterocycles. The molecule has 0 fully saturated rings. The summed E-state index contributed by atoms with van der Waals surface area (Å²) in [5, 5.41) is 24.5. The van der Waals surface area contributed by atoms with E-state index in [1.165, 1.54) is 11.8 Å². The van der Waals surface area contributed by atoms with Crippen LogP contribution < -0.4 is 5.32 Å². The predicted molar refractivity (Wildman–Crippen MR) is 67.0 cm³/mol. The van der Waals surface area contributed by atoms with Crippen LogP contribution in [0.3, 0.4) is 0 Å². The van der Waals surface area contributed by atoms with Crippen LogP contribution in [0.25, 0.3) is 0 Å². The van der Waals surface area contributed by atoms with Crippen LogP contribution in [-0.4, -0.2) is 50.1 Å². The lowest BCUT2D eigenvalue weighted by atomic mass is 10.4. The molecular weight excluding hydrogens is 242 g/mol. The Balaban J connectivity index is 2.32. The van der Waals surface area contributed by atoms with Crippen LogP contribution in [0, 0.1) is 6.92 Å². The fourth-order valence-electron chi connectivity index (χ4n) is 1.25. The van der Waals surface area contributed by atoms with Gasteiger partial charge in [0.25, 0.3) is 0 Å². The Morgan fingerprint density at radius 3 is 2.94 bits per heavy atom. The molecule has 1 aromatic heterocycles. The highest BCUT2D eigenvalue weighted by molar-refractivity contribution is 8.00. The van der Waals surface area contributed by atoms with E-state index in [9.17, 15) is 4.79 Å². The summed E-state index contributed by atoms with van der Waals surface area (Å²) in [6.07, 6.45) is -0.772. The molecule has 6 nitrogen and oxygen atoms in total. The van der Waals surface area contributed by atoms with E-state index in [-0.39, 0.29) is 18.3 Å². The van der Waals surface area contributed by atoms with E-state index in [4.69, 9.17) is 10.2 Å². The largest absolute Gasteiger partial charge is 0.394 e. The Labute approximate surface area is 104 Å². The average molecular weight is 259 g/mol. The Bertz CT molecular complexity index is 381. The molecule has 7 heteroatoms. The van der Waals surface area contributed by atoms with Gasteiger partial charge in [-0.05, 0) is 6.92 Å². The van der Waals surface area contributed by atoms with Gasteiger partial charge in [0.05, 0.1) is 24.2 Å². The summed E-state index contributed by atoms with van der Waals surface area (Å²) in [5.41, 5.74) is 0.839. The number of aromatic nitrogens is 2. The van der Waals surface area contributed by atoms with Gasteiger partial charge in [-0.1, -0.05) is 0 Å². The summed E-state index contributed by atoms with van der Waals surface area (Å²) in [5.74, 6) is 1.08. The van der Waals surface area contributed by atoms with Gasteiger partial charge in [-0.3, -0.25) is 9.48 Å². The number of carbonyl (C=O) groups excluding carboxylic acids is 1. The molecule has 1 unspecified atom stereocenters. The lowest BCUT2D eigenvalue weighted by Crippen LogP contribution is -2.20. The second-order valence-electron chi connectivity index (χ2n) is 3.69. The van der Waals surface area contributed by atoms with E-state index in [1.807, 2.05) is 6.92 Å². The number of aliphatic hydroxyl groups excluding tert-OH is 2. The summed E-state index contributed by atoms with van der Waals surface area (Å²) in [7, 11) is 1.76. The van der Waals surface area contributed by atoms with Crippen LogP contribution in [-0.2, 0) is 11.8 Å². The smallest absolute Gasteiger partial charge is 0.235 e. The first-order chi connectivity index (χ1) is 8.02. The summed E-state index contributed by atoms with van der Waals surface area (Å²) in [6, 6.07) is 1.78. The predicted octanol–water partition coefficient (Wildman–Crippen LogP) is -0.247. The van der Waals surface area contributed by atoms with Gasteiger partial charge < -0.3 is 15.5 Å². The molecular formula is C10H17N3O3S. The van der Waals surface area contributed by atoms with Crippen molar-refractivity contribution in [1.82, 2.24) is 9.78 Å². The topological polar surface area (TPSA) is 87.4 Å². The average Bonchev–Trinajstić information content (AvgIpc) is 2.57. The van der Waals surface area contributed by atoms with Gasteiger partial charge in [0.15, 0.2) is 0 Å². The van der Waals surface area contributed by atoms with Gasteiger partial charge in [0, 0.05) is 18.9 Å². The van der Waals surface area contributed by atoms with Crippen molar-refractivity contribution in [2.45, 2.75) is 13.0 Å². The molecule has 1 aromatic rings. The number of hydrogen-bond donors (Lipinski definition) is 3. The molecule has 1 rings (SSSR count). The van der Waals surface area contributed by atoms with E-state index < -0.39 is 6.10 Å². The van der Waals surface area contributed by atoms with Crippen molar-refractivity contribution in [3.05, 3.63) is 11.8 Å². The Morgan fingerprint density at radius 2 is 2.41 bits per heavy atom. The monoisotopic (exact) mass is 259 g/mol. The Hall–Kier alpha value is -1.05. The molecule has 0 aliphatic heterocycles. The normalized spacial score (nSPS) is 12.5. The van der Waals surface area contributed by atoms with Crippen LogP contribution in [0.1, 0.15) is 5.69 Å². The maximum absolute atomic E-state index is 11.5. The molecule has 0 bridgehead atoms. The summed E-state index contributed by atoms with van der Waals surface area (Å²) in [4.78, 5) is 11.5. The van der Waals surface area contributed by atoms with Crippen molar-refractivity contribution < 1.29 is 15.0 Å². The minimum Gasteiger partial charge on any atom is -0.394 e. The minimum absolute atomic E-state index is 0.150. The minimum atomic E-state index is -0.772. The number of hydrogen-bond acceptors (Lipinski definition) is 5. The van der Waals surface area contributed by atoms with Crippen LogP contribution in [0.2, 0.25) is 0 Å². The van der Waals surface area contributed by atoms with E-state index in [0.717, 1.165) is 5.69 Å². The van der Waals surface area contributed by atoms with Gasteiger partial charge in [0.2, 0.25) is 5.91 Å². The number of carbonyl (C=O) groups is 1. The molecule has 0 spiro atoms. The summed E-state index contributed by atoms with van der Waals surface area (Å²) in [6.45, 7) is 1.57. The maximum atomic E-state index is 11.5. The van der Waals surface area contributed by atoms with Crippen molar-refractivity contribution in [1.29, 1.82) is 0 Å². The molecule has 0 radical (unpaired) electrons. The SMILES string of the molecule is Cc1cc(NC(=O)CSCC(O)CO)n(C)n1. The molecule has 1 heterocycles. The van der Waals surface area contributed by atoms with Gasteiger partial charge >= 0.3 is 0 Å². The lowest BCUT2D eigenvalue weighted by Gasteiger charge is -2.07. The number of thioether (sulfide) groups is 1. The van der Waals surface area contributed by atoms with Gasteiger partial charge in [-0.25, -0.2) is 0 Å². The second kappa shape index (κ2) is 6.63. The van der Waals surface area contributed by atoms with Crippen molar-refractivity contribution in [3.8, 4) is 0 Å². The number of nitrogens with one attached hydrogen (secondary N) is 1. The van der Waals surface area contributed by atoms with Crippen molar-refractivity contribution in [2.24, 2.45) is 7.05 Å². The number of rotatable bonds is 6. The van der Waals surface area contributed by atoms with Crippen molar-refractivity contribution in [2.75, 3.05) is 23.4 Å². The van der Waals surface area contributed by atoms with Gasteiger partial charge in [-0.2, -0.15) is 5.10 Å². The fraction of sp³-hybridized carbons (Fsp3) is 0.600. The summed E-state index contributed by atoms with van der Waals surface area (Å²) < 4.78 is 1.60. The van der Waals surface area contributed by atoms with E-state index in [1.54, 1.807) is 17.8 Å². The molecule has 1 atom stereocenters. The second-order valence-corrected chi connectivity index (χ2v) is 4.72. The zero-order valence-electron chi connectivity index (χ0n) is 9.88. The molecule has 96 valence electrons. The highest BCUT2D eigenvalue weighted by Crippen LogP contribution is 2.09. The number of aliphatic hydroxyl groups is 2. The van der Waals surface area contributed by atoms with Crippen molar-refractivity contribution >= 4 is 23.5 Å². The number of aryl methyl sites for hydroxylation is 2. The molecule has 0 saturated carbocycles. The molecule has 1 amide bonds. The first-order valence-electron chi connectivity index (χ1n) is 5.20. The first kappa shape index (κ1) is 14.0. The third-order valence-corrected chi connectivity index (χ3v) is 3.11. The van der Waals surface area contributed by atoms with Crippen LogP contribution in [0.4, 0.5) is 5.82 Å². The third kappa shape index (κ3) is 4.76. The van der Waals surface area contributed by atoms with E-state index in [0.29, 0.717) is 11.6 Å². The van der Waals surface area contributed by atoms with E-state index >= 15 is 0 Å². The molecule has 0 aromatic carbocycles. The van der Waals surface area contributed by atoms with Crippen LogP contribution in [0.15, 0.2) is 6.07 Å². The number of nitrogens with zero attached hydrogens (tertiary/aromatic N) is 2. The zero-order chi connectivity index (χ0) is 12.8. The van der Waals surface area contributed by atoms with Crippen molar-refractivity contribution in [3.63, 3.8) is 0 Å². The van der Waals surface area contributed by atoms with Gasteiger partial charge in [-0.15, -0.1) is 11.8 Å². The quantitative estimate of drug-likeness (QED) is 0.656. The first-order valence-corrected chi connectivity index (χ1v) is 6.35. The maximum Gasteiger partial charge on any atom is 0.235 e. The van der Waals surface area contributed by atoms with Gasteiger partial charge in [0.1, 0.15) is 5.82 Å². The lowest BCUT2D eigenvalue weighted by molar-refractivity contribution is -0.113. The zero-order valence-corrected chi connectivity index (χ0v) is 10.7. The molecule has 0 aliphatic carbocycles. The molecule has 17 heavy (non-hydrogen) atoms. The number of anilines is 1. The fourth-order valence-corrected chi connectivity index (χ4v) is 2.00. The standard InChI is InChI=1S/C10H17N3O3S/c1-7-3-9(13(2)12-7)11-10(16)6-17-5-8(15)4-14/h3,8,14-15H,4-6H2,1-2H3,(H,11,16).